The zero-order chi connectivity index (χ0) is 12.6. The summed E-state index contributed by atoms with van der Waals surface area (Å²) in [5, 5.41) is 1.29. The first-order valence-corrected chi connectivity index (χ1v) is 6.54. The van der Waals surface area contributed by atoms with Gasteiger partial charge < -0.3 is 4.90 Å². The number of nitrogens with zero attached hydrogens (tertiary/aromatic N) is 3. The van der Waals surface area contributed by atoms with Crippen LogP contribution in [0.15, 0.2) is 16.6 Å². The predicted octanol–water partition coefficient (Wildman–Crippen LogP) is 3.81. The normalized spacial score (nSPS) is 10.9. The van der Waals surface area contributed by atoms with Crippen LogP contribution >= 0.6 is 27.5 Å². The van der Waals surface area contributed by atoms with E-state index in [1.165, 1.54) is 5.56 Å². The van der Waals surface area contributed by atoms with Crippen LogP contribution in [0.3, 0.4) is 0 Å². The summed E-state index contributed by atoms with van der Waals surface area (Å²) >= 11 is 9.49. The zero-order valence-electron chi connectivity index (χ0n) is 9.96. The fourth-order valence-electron chi connectivity index (χ4n) is 1.72. The molecular weight excluding hydrogens is 302 g/mol. The van der Waals surface area contributed by atoms with Gasteiger partial charge >= 0.3 is 0 Å². The van der Waals surface area contributed by atoms with Crippen LogP contribution in [0, 0.1) is 6.92 Å². The van der Waals surface area contributed by atoms with E-state index in [1.54, 1.807) is 0 Å². The molecule has 3 nitrogen and oxygen atoms in total. The SMILES string of the molecule is CCN(C)c1nc(Cl)nc2c(Br)cc(C)cc12. The summed E-state index contributed by atoms with van der Waals surface area (Å²) in [6.07, 6.45) is 0. The van der Waals surface area contributed by atoms with Crippen LogP contribution < -0.4 is 4.90 Å². The molecule has 0 saturated carbocycles. The van der Waals surface area contributed by atoms with Crippen molar-refractivity contribution in [3.63, 3.8) is 0 Å². The smallest absolute Gasteiger partial charge is 0.224 e. The summed E-state index contributed by atoms with van der Waals surface area (Å²) in [4.78, 5) is 10.6. The van der Waals surface area contributed by atoms with Crippen molar-refractivity contribution in [2.75, 3.05) is 18.5 Å². The lowest BCUT2D eigenvalue weighted by molar-refractivity contribution is 0.940. The Morgan fingerprint density at radius 3 is 2.71 bits per heavy atom. The highest BCUT2D eigenvalue weighted by Crippen LogP contribution is 2.30. The average Bonchev–Trinajstić information content (AvgIpc) is 2.28. The van der Waals surface area contributed by atoms with Crippen LogP contribution in [-0.4, -0.2) is 23.6 Å². The van der Waals surface area contributed by atoms with Gasteiger partial charge in [0.2, 0.25) is 5.28 Å². The number of fused-ring (bicyclic) bond motifs is 1. The van der Waals surface area contributed by atoms with Crippen molar-refractivity contribution in [2.45, 2.75) is 13.8 Å². The van der Waals surface area contributed by atoms with Gasteiger partial charge in [-0.05, 0) is 59.1 Å². The van der Waals surface area contributed by atoms with Crippen molar-refractivity contribution in [1.29, 1.82) is 0 Å². The third-order valence-electron chi connectivity index (χ3n) is 2.69. The van der Waals surface area contributed by atoms with E-state index in [-0.39, 0.29) is 5.28 Å². The minimum absolute atomic E-state index is 0.275. The Morgan fingerprint density at radius 1 is 1.35 bits per heavy atom. The first-order valence-electron chi connectivity index (χ1n) is 5.37. The van der Waals surface area contributed by atoms with Crippen molar-refractivity contribution in [3.8, 4) is 0 Å². The molecule has 90 valence electrons. The second-order valence-electron chi connectivity index (χ2n) is 3.97. The molecule has 0 radical (unpaired) electrons. The van der Waals surface area contributed by atoms with Crippen molar-refractivity contribution >= 4 is 44.3 Å². The fourth-order valence-corrected chi connectivity index (χ4v) is 2.55. The summed E-state index contributed by atoms with van der Waals surface area (Å²) in [7, 11) is 1.99. The summed E-state index contributed by atoms with van der Waals surface area (Å²) < 4.78 is 0.947. The molecule has 0 saturated heterocycles. The average molecular weight is 315 g/mol. The van der Waals surface area contributed by atoms with Gasteiger partial charge in [-0.3, -0.25) is 0 Å². The largest absolute Gasteiger partial charge is 0.359 e. The van der Waals surface area contributed by atoms with E-state index < -0.39 is 0 Å². The third kappa shape index (κ3) is 2.38. The molecule has 5 heteroatoms. The predicted molar refractivity (Wildman–Crippen MR) is 75.9 cm³/mol. The Bertz CT molecular complexity index is 571. The van der Waals surface area contributed by atoms with Crippen LogP contribution in [0.4, 0.5) is 5.82 Å². The molecule has 2 aromatic rings. The maximum atomic E-state index is 5.97. The van der Waals surface area contributed by atoms with Crippen LogP contribution in [0.2, 0.25) is 5.28 Å². The van der Waals surface area contributed by atoms with E-state index in [2.05, 4.69) is 50.7 Å². The van der Waals surface area contributed by atoms with Gasteiger partial charge in [-0.2, -0.15) is 4.98 Å². The minimum Gasteiger partial charge on any atom is -0.359 e. The highest BCUT2D eigenvalue weighted by Gasteiger charge is 2.12. The van der Waals surface area contributed by atoms with Crippen molar-refractivity contribution in [1.82, 2.24) is 9.97 Å². The number of benzene rings is 1. The lowest BCUT2D eigenvalue weighted by Crippen LogP contribution is -2.18. The Balaban J connectivity index is 2.82. The lowest BCUT2D eigenvalue weighted by atomic mass is 10.1. The van der Waals surface area contributed by atoms with Gasteiger partial charge in [0, 0.05) is 23.5 Å². The van der Waals surface area contributed by atoms with E-state index in [0.29, 0.717) is 0 Å². The molecule has 0 bridgehead atoms. The van der Waals surface area contributed by atoms with Crippen molar-refractivity contribution < 1.29 is 0 Å². The Hall–Kier alpha value is -0.870. The maximum absolute atomic E-state index is 5.97. The molecule has 0 amide bonds. The van der Waals surface area contributed by atoms with Crippen molar-refractivity contribution in [2.24, 2.45) is 0 Å². The molecule has 0 aliphatic heterocycles. The first-order chi connectivity index (χ1) is 8.02. The molecule has 0 aliphatic carbocycles. The molecule has 0 fully saturated rings. The molecule has 1 aromatic carbocycles. The number of aryl methyl sites for hydroxylation is 1. The van der Waals surface area contributed by atoms with Gasteiger partial charge in [0.15, 0.2) is 0 Å². The highest BCUT2D eigenvalue weighted by molar-refractivity contribution is 9.10. The first kappa shape index (κ1) is 12.6. The second-order valence-corrected chi connectivity index (χ2v) is 5.17. The lowest BCUT2D eigenvalue weighted by Gasteiger charge is -2.18. The van der Waals surface area contributed by atoms with Crippen LogP contribution in [-0.2, 0) is 0 Å². The van der Waals surface area contributed by atoms with Crippen LogP contribution in [0.1, 0.15) is 12.5 Å². The molecular formula is C12H13BrClN3. The highest BCUT2D eigenvalue weighted by atomic mass is 79.9. The van der Waals surface area contributed by atoms with Gasteiger partial charge in [0.05, 0.1) is 5.52 Å². The second kappa shape index (κ2) is 4.78. The van der Waals surface area contributed by atoms with Gasteiger partial charge in [-0.1, -0.05) is 0 Å². The molecule has 0 N–H and O–H groups in total. The molecule has 0 spiro atoms. The Kier molecular flexibility index (Phi) is 3.54. The number of hydrogen-bond acceptors (Lipinski definition) is 3. The zero-order valence-corrected chi connectivity index (χ0v) is 12.3. The summed E-state index contributed by atoms with van der Waals surface area (Å²) in [5.41, 5.74) is 2.02. The fraction of sp³-hybridized carbons (Fsp3) is 0.333. The van der Waals surface area contributed by atoms with Gasteiger partial charge in [-0.15, -0.1) is 0 Å². The maximum Gasteiger partial charge on any atom is 0.224 e. The van der Waals surface area contributed by atoms with E-state index in [0.717, 1.165) is 27.7 Å². The quantitative estimate of drug-likeness (QED) is 0.789. The molecule has 2 rings (SSSR count). The van der Waals surface area contributed by atoms with Gasteiger partial charge in [-0.25, -0.2) is 4.98 Å². The summed E-state index contributed by atoms with van der Waals surface area (Å²) in [5.74, 6) is 0.868. The van der Waals surface area contributed by atoms with Crippen molar-refractivity contribution in [3.05, 3.63) is 27.5 Å². The third-order valence-corrected chi connectivity index (χ3v) is 3.46. The number of halogens is 2. The number of anilines is 1. The molecule has 0 aliphatic rings. The number of aromatic nitrogens is 2. The standard InChI is InChI=1S/C12H13BrClN3/c1-4-17(3)11-8-5-7(2)6-9(13)10(8)15-12(14)16-11/h5-6H,4H2,1-3H3. The van der Waals surface area contributed by atoms with Crippen LogP contribution in [0.5, 0.6) is 0 Å². The number of hydrogen-bond donors (Lipinski definition) is 0. The Labute approximate surface area is 114 Å². The number of rotatable bonds is 2. The monoisotopic (exact) mass is 313 g/mol. The molecule has 1 heterocycles. The van der Waals surface area contributed by atoms with E-state index in [9.17, 15) is 0 Å². The van der Waals surface area contributed by atoms with Crippen LogP contribution in [0.25, 0.3) is 10.9 Å². The molecule has 0 atom stereocenters. The molecule has 17 heavy (non-hydrogen) atoms. The van der Waals surface area contributed by atoms with Gasteiger partial charge in [0.1, 0.15) is 5.82 Å². The van der Waals surface area contributed by atoms with E-state index >= 15 is 0 Å². The van der Waals surface area contributed by atoms with Gasteiger partial charge in [0.25, 0.3) is 0 Å². The Morgan fingerprint density at radius 2 is 2.06 bits per heavy atom. The summed E-state index contributed by atoms with van der Waals surface area (Å²) in [6, 6.07) is 4.11. The molecule has 1 aromatic heterocycles. The minimum atomic E-state index is 0.275. The van der Waals surface area contributed by atoms with E-state index in [4.69, 9.17) is 11.6 Å². The summed E-state index contributed by atoms with van der Waals surface area (Å²) in [6.45, 7) is 5.00. The van der Waals surface area contributed by atoms with E-state index in [1.807, 2.05) is 13.1 Å². The molecule has 0 unspecified atom stereocenters. The topological polar surface area (TPSA) is 29.0 Å².